The Morgan fingerprint density at radius 1 is 1.55 bits per heavy atom. The largest absolute Gasteiger partial charge is 0.382 e. The lowest BCUT2D eigenvalue weighted by Gasteiger charge is -2.10. The summed E-state index contributed by atoms with van der Waals surface area (Å²) in [6.45, 7) is 6.10. The number of aromatic nitrogens is 2. The van der Waals surface area contributed by atoms with Gasteiger partial charge >= 0.3 is 0 Å². The lowest BCUT2D eigenvalue weighted by Crippen LogP contribution is -2.30. The zero-order valence-corrected chi connectivity index (χ0v) is 13.5. The minimum atomic E-state index is -3.29. The standard InChI is InChI=1S/C11H17BrN4O3S/c1-3-6-16-11(17)10(12)9(8-14-16)13-5-7-20(18,19)15-4-2/h3,8,13,15H,1,4-7H2,2H3. The molecule has 0 spiro atoms. The summed E-state index contributed by atoms with van der Waals surface area (Å²) in [5, 5.41) is 6.83. The van der Waals surface area contributed by atoms with E-state index in [4.69, 9.17) is 0 Å². The van der Waals surface area contributed by atoms with Gasteiger partial charge < -0.3 is 5.32 Å². The molecule has 0 aliphatic heterocycles. The van der Waals surface area contributed by atoms with Crippen LogP contribution in [-0.4, -0.2) is 37.0 Å². The molecule has 0 aliphatic rings. The number of anilines is 1. The quantitative estimate of drug-likeness (QED) is 0.656. The van der Waals surface area contributed by atoms with E-state index >= 15 is 0 Å². The van der Waals surface area contributed by atoms with E-state index in [1.54, 1.807) is 13.0 Å². The Bertz CT molecular complexity index is 627. The summed E-state index contributed by atoms with van der Waals surface area (Å²) >= 11 is 3.18. The summed E-state index contributed by atoms with van der Waals surface area (Å²) in [5.74, 6) is -0.0803. The molecule has 0 saturated heterocycles. The molecular weight excluding hydrogens is 348 g/mol. The minimum absolute atomic E-state index is 0.0803. The molecule has 1 aromatic heterocycles. The van der Waals surface area contributed by atoms with Crippen molar-refractivity contribution in [3.63, 3.8) is 0 Å². The van der Waals surface area contributed by atoms with E-state index in [0.717, 1.165) is 0 Å². The number of sulfonamides is 1. The van der Waals surface area contributed by atoms with Gasteiger partial charge in [-0.25, -0.2) is 17.8 Å². The molecule has 0 aromatic carbocycles. The summed E-state index contributed by atoms with van der Waals surface area (Å²) in [6, 6.07) is 0. The topological polar surface area (TPSA) is 93.1 Å². The van der Waals surface area contributed by atoms with Gasteiger partial charge in [0.05, 0.1) is 24.2 Å². The molecule has 1 aromatic rings. The molecule has 0 unspecified atom stereocenters. The average Bonchev–Trinajstić information content (AvgIpc) is 2.37. The summed E-state index contributed by atoms with van der Waals surface area (Å²) < 4.78 is 26.9. The summed E-state index contributed by atoms with van der Waals surface area (Å²) in [6.07, 6.45) is 3.03. The highest BCUT2D eigenvalue weighted by Gasteiger charge is 2.11. The first-order chi connectivity index (χ1) is 9.41. The molecule has 0 fully saturated rings. The summed E-state index contributed by atoms with van der Waals surface area (Å²) in [7, 11) is -3.29. The van der Waals surface area contributed by atoms with Gasteiger partial charge in [-0.1, -0.05) is 13.0 Å². The maximum absolute atomic E-state index is 11.9. The number of rotatable bonds is 8. The Labute approximate surface area is 126 Å². The summed E-state index contributed by atoms with van der Waals surface area (Å²) in [5.41, 5.74) is 0.159. The molecule has 1 heterocycles. The first kappa shape index (κ1) is 16.9. The van der Waals surface area contributed by atoms with Gasteiger partial charge in [-0.15, -0.1) is 6.58 Å². The number of halogens is 1. The molecule has 9 heteroatoms. The average molecular weight is 365 g/mol. The zero-order chi connectivity index (χ0) is 15.2. The van der Waals surface area contributed by atoms with Gasteiger partial charge in [-0.05, 0) is 15.9 Å². The number of nitrogens with one attached hydrogen (secondary N) is 2. The Kier molecular flexibility index (Phi) is 6.37. The third-order valence-corrected chi connectivity index (χ3v) is 4.57. The maximum atomic E-state index is 11.9. The third-order valence-electron chi connectivity index (χ3n) is 2.34. The van der Waals surface area contributed by atoms with Gasteiger partial charge in [0.15, 0.2) is 0 Å². The molecule has 2 N–H and O–H groups in total. The molecule has 0 bridgehead atoms. The minimum Gasteiger partial charge on any atom is -0.382 e. The van der Waals surface area contributed by atoms with Crippen molar-refractivity contribution in [3.8, 4) is 0 Å². The van der Waals surface area contributed by atoms with Crippen LogP contribution in [0.3, 0.4) is 0 Å². The fraction of sp³-hybridized carbons (Fsp3) is 0.455. The molecule has 7 nitrogen and oxygen atoms in total. The Hall–Kier alpha value is -1.19. The van der Waals surface area contributed by atoms with Crippen molar-refractivity contribution in [1.82, 2.24) is 14.5 Å². The second-order valence-electron chi connectivity index (χ2n) is 3.89. The second kappa shape index (κ2) is 7.55. The second-order valence-corrected chi connectivity index (χ2v) is 6.61. The van der Waals surface area contributed by atoms with Gasteiger partial charge in [-0.3, -0.25) is 4.79 Å². The highest BCUT2D eigenvalue weighted by atomic mass is 79.9. The fourth-order valence-electron chi connectivity index (χ4n) is 1.45. The predicted octanol–water partition coefficient (Wildman–Crippen LogP) is 0.543. The summed E-state index contributed by atoms with van der Waals surface area (Å²) in [4.78, 5) is 11.9. The number of hydrogen-bond acceptors (Lipinski definition) is 5. The van der Waals surface area contributed by atoms with Crippen molar-refractivity contribution in [2.24, 2.45) is 0 Å². The highest BCUT2D eigenvalue weighted by Crippen LogP contribution is 2.15. The van der Waals surface area contributed by atoms with E-state index in [9.17, 15) is 13.2 Å². The van der Waals surface area contributed by atoms with Gasteiger partial charge in [0.1, 0.15) is 4.47 Å². The zero-order valence-electron chi connectivity index (χ0n) is 11.1. The monoisotopic (exact) mass is 364 g/mol. The van der Waals surface area contributed by atoms with E-state index in [1.165, 1.54) is 10.9 Å². The van der Waals surface area contributed by atoms with Crippen LogP contribution in [0.25, 0.3) is 0 Å². The van der Waals surface area contributed by atoms with Gasteiger partial charge in [0, 0.05) is 13.1 Å². The third kappa shape index (κ3) is 4.73. The first-order valence-electron chi connectivity index (χ1n) is 5.99. The molecule has 0 atom stereocenters. The fourth-order valence-corrected chi connectivity index (χ4v) is 2.85. The Morgan fingerprint density at radius 2 is 2.25 bits per heavy atom. The van der Waals surface area contributed by atoms with Crippen LogP contribution in [0.4, 0.5) is 5.69 Å². The molecule has 20 heavy (non-hydrogen) atoms. The molecule has 0 amide bonds. The number of allylic oxidation sites excluding steroid dienone is 1. The van der Waals surface area contributed by atoms with Crippen molar-refractivity contribution in [3.05, 3.63) is 33.7 Å². The Balaban J connectivity index is 2.73. The van der Waals surface area contributed by atoms with Crippen LogP contribution < -0.4 is 15.6 Å². The van der Waals surface area contributed by atoms with Gasteiger partial charge in [0.2, 0.25) is 10.0 Å². The van der Waals surface area contributed by atoms with Crippen LogP contribution >= 0.6 is 15.9 Å². The lowest BCUT2D eigenvalue weighted by molar-refractivity contribution is 0.584. The molecular formula is C11H17BrN4O3S. The van der Waals surface area contributed by atoms with Crippen LogP contribution in [0.15, 0.2) is 28.1 Å². The normalized spacial score (nSPS) is 11.3. The smallest absolute Gasteiger partial charge is 0.283 e. The van der Waals surface area contributed by atoms with Crippen molar-refractivity contribution < 1.29 is 8.42 Å². The van der Waals surface area contributed by atoms with Crippen molar-refractivity contribution in [2.75, 3.05) is 24.2 Å². The van der Waals surface area contributed by atoms with Crippen LogP contribution in [0.5, 0.6) is 0 Å². The molecule has 0 aliphatic carbocycles. The maximum Gasteiger partial charge on any atom is 0.283 e. The van der Waals surface area contributed by atoms with E-state index in [1.807, 2.05) is 0 Å². The number of hydrogen-bond donors (Lipinski definition) is 2. The van der Waals surface area contributed by atoms with Crippen LogP contribution in [-0.2, 0) is 16.6 Å². The lowest BCUT2D eigenvalue weighted by atomic mass is 10.4. The van der Waals surface area contributed by atoms with Crippen LogP contribution in [0, 0.1) is 0 Å². The van der Waals surface area contributed by atoms with E-state index in [-0.39, 0.29) is 17.9 Å². The Morgan fingerprint density at radius 3 is 2.85 bits per heavy atom. The molecule has 0 saturated carbocycles. The van der Waals surface area contributed by atoms with E-state index < -0.39 is 10.0 Å². The van der Waals surface area contributed by atoms with Crippen molar-refractivity contribution in [1.29, 1.82) is 0 Å². The van der Waals surface area contributed by atoms with Crippen LogP contribution in [0.1, 0.15) is 6.92 Å². The van der Waals surface area contributed by atoms with Crippen molar-refractivity contribution >= 4 is 31.6 Å². The van der Waals surface area contributed by atoms with Gasteiger partial charge in [0.25, 0.3) is 5.56 Å². The highest BCUT2D eigenvalue weighted by molar-refractivity contribution is 9.10. The van der Waals surface area contributed by atoms with E-state index in [0.29, 0.717) is 23.2 Å². The molecule has 0 radical (unpaired) electrons. The van der Waals surface area contributed by atoms with E-state index in [2.05, 4.69) is 37.6 Å². The first-order valence-corrected chi connectivity index (χ1v) is 8.43. The molecule has 1 rings (SSSR count). The van der Waals surface area contributed by atoms with Crippen molar-refractivity contribution in [2.45, 2.75) is 13.5 Å². The van der Waals surface area contributed by atoms with Gasteiger partial charge in [-0.2, -0.15) is 5.10 Å². The SMILES string of the molecule is C=CCn1ncc(NCCS(=O)(=O)NCC)c(Br)c1=O. The predicted molar refractivity (Wildman–Crippen MR) is 82.3 cm³/mol. The molecule has 112 valence electrons. The van der Waals surface area contributed by atoms with Crippen LogP contribution in [0.2, 0.25) is 0 Å². The number of nitrogens with zero attached hydrogens (tertiary/aromatic N) is 2.